The van der Waals surface area contributed by atoms with Gasteiger partial charge in [-0.3, -0.25) is 4.79 Å². The standard InChI is InChI=1S/C23H26N2O3/c1-3-15-28-22-19(11-8-12-21(22)27-4-2)16-20(17-24)23(26)25-14-13-18-9-6-5-7-10-18/h5-12,16H,3-4,13-15H2,1-2H3,(H,25,26)/b20-16+. The molecule has 5 heteroatoms. The molecule has 0 aromatic heterocycles. The van der Waals surface area contributed by atoms with E-state index >= 15 is 0 Å². The Kier molecular flexibility index (Phi) is 8.61. The van der Waals surface area contributed by atoms with E-state index in [-0.39, 0.29) is 5.57 Å². The van der Waals surface area contributed by atoms with Crippen molar-refractivity contribution in [3.05, 3.63) is 65.2 Å². The van der Waals surface area contributed by atoms with Crippen molar-refractivity contribution in [2.24, 2.45) is 0 Å². The van der Waals surface area contributed by atoms with Crippen LogP contribution in [0.4, 0.5) is 0 Å². The van der Waals surface area contributed by atoms with E-state index in [0.717, 1.165) is 12.0 Å². The largest absolute Gasteiger partial charge is 0.490 e. The van der Waals surface area contributed by atoms with Crippen LogP contribution < -0.4 is 14.8 Å². The van der Waals surface area contributed by atoms with Crippen molar-refractivity contribution in [2.45, 2.75) is 26.7 Å². The van der Waals surface area contributed by atoms with Gasteiger partial charge in [-0.1, -0.05) is 49.4 Å². The van der Waals surface area contributed by atoms with E-state index in [1.165, 1.54) is 0 Å². The number of rotatable bonds is 10. The first-order chi connectivity index (χ1) is 13.7. The van der Waals surface area contributed by atoms with Gasteiger partial charge in [0, 0.05) is 12.1 Å². The Morgan fingerprint density at radius 3 is 2.57 bits per heavy atom. The predicted molar refractivity (Wildman–Crippen MR) is 110 cm³/mol. The first kappa shape index (κ1) is 21.0. The lowest BCUT2D eigenvalue weighted by molar-refractivity contribution is -0.117. The molecule has 146 valence electrons. The van der Waals surface area contributed by atoms with Crippen LogP contribution in [0.2, 0.25) is 0 Å². The number of para-hydroxylation sites is 1. The summed E-state index contributed by atoms with van der Waals surface area (Å²) < 4.78 is 11.4. The average molecular weight is 378 g/mol. The molecule has 2 aromatic carbocycles. The second-order valence-electron chi connectivity index (χ2n) is 6.12. The molecule has 2 rings (SSSR count). The zero-order valence-electron chi connectivity index (χ0n) is 16.4. The summed E-state index contributed by atoms with van der Waals surface area (Å²) in [6, 6.07) is 17.3. The van der Waals surface area contributed by atoms with Crippen LogP contribution in [0.1, 0.15) is 31.4 Å². The fourth-order valence-electron chi connectivity index (χ4n) is 2.64. The Balaban J connectivity index is 2.14. The molecule has 0 heterocycles. The summed E-state index contributed by atoms with van der Waals surface area (Å²) in [6.07, 6.45) is 3.09. The summed E-state index contributed by atoms with van der Waals surface area (Å²) in [5.74, 6) is 0.754. The average Bonchev–Trinajstić information content (AvgIpc) is 2.72. The van der Waals surface area contributed by atoms with Crippen molar-refractivity contribution in [3.8, 4) is 17.6 Å². The van der Waals surface area contributed by atoms with Gasteiger partial charge in [0.25, 0.3) is 5.91 Å². The minimum Gasteiger partial charge on any atom is -0.490 e. The molecular weight excluding hydrogens is 352 g/mol. The van der Waals surface area contributed by atoms with E-state index in [4.69, 9.17) is 9.47 Å². The number of hydrogen-bond acceptors (Lipinski definition) is 4. The number of nitrogens with zero attached hydrogens (tertiary/aromatic N) is 1. The summed E-state index contributed by atoms with van der Waals surface area (Å²) in [5.41, 5.74) is 1.81. The molecule has 0 bridgehead atoms. The minimum absolute atomic E-state index is 0.0306. The molecule has 1 N–H and O–H groups in total. The van der Waals surface area contributed by atoms with Gasteiger partial charge in [-0.05, 0) is 37.5 Å². The maximum Gasteiger partial charge on any atom is 0.261 e. The van der Waals surface area contributed by atoms with Gasteiger partial charge >= 0.3 is 0 Å². The maximum absolute atomic E-state index is 12.4. The molecule has 0 saturated carbocycles. The van der Waals surface area contributed by atoms with Gasteiger partial charge in [0.1, 0.15) is 11.6 Å². The van der Waals surface area contributed by atoms with Crippen molar-refractivity contribution in [2.75, 3.05) is 19.8 Å². The third-order valence-electron chi connectivity index (χ3n) is 3.97. The first-order valence-corrected chi connectivity index (χ1v) is 9.52. The van der Waals surface area contributed by atoms with E-state index in [1.54, 1.807) is 6.08 Å². The molecule has 0 aliphatic rings. The first-order valence-electron chi connectivity index (χ1n) is 9.52. The number of nitriles is 1. The Morgan fingerprint density at radius 2 is 1.89 bits per heavy atom. The van der Waals surface area contributed by atoms with Gasteiger partial charge in [0.15, 0.2) is 11.5 Å². The van der Waals surface area contributed by atoms with Crippen LogP contribution in [0.15, 0.2) is 54.1 Å². The molecule has 0 spiro atoms. The normalized spacial score (nSPS) is 10.8. The number of amides is 1. The number of ether oxygens (including phenoxy) is 2. The molecule has 0 aliphatic heterocycles. The Labute approximate surface area is 166 Å². The van der Waals surface area contributed by atoms with Crippen LogP contribution >= 0.6 is 0 Å². The predicted octanol–water partition coefficient (Wildman–Crippen LogP) is 4.14. The van der Waals surface area contributed by atoms with Crippen LogP contribution in [-0.2, 0) is 11.2 Å². The van der Waals surface area contributed by atoms with Crippen molar-refractivity contribution in [1.82, 2.24) is 5.32 Å². The van der Waals surface area contributed by atoms with Gasteiger partial charge in [-0.25, -0.2) is 0 Å². The van der Waals surface area contributed by atoms with Gasteiger partial charge in [0.2, 0.25) is 0 Å². The van der Waals surface area contributed by atoms with Crippen molar-refractivity contribution in [1.29, 1.82) is 5.26 Å². The molecule has 0 unspecified atom stereocenters. The number of carbonyl (C=O) groups is 1. The van der Waals surface area contributed by atoms with Crippen LogP contribution in [0.25, 0.3) is 6.08 Å². The lowest BCUT2D eigenvalue weighted by Crippen LogP contribution is -2.26. The summed E-state index contributed by atoms with van der Waals surface area (Å²) in [4.78, 5) is 12.4. The number of benzene rings is 2. The second-order valence-corrected chi connectivity index (χ2v) is 6.12. The third-order valence-corrected chi connectivity index (χ3v) is 3.97. The van der Waals surface area contributed by atoms with E-state index in [2.05, 4.69) is 5.32 Å². The Morgan fingerprint density at radius 1 is 1.11 bits per heavy atom. The summed E-state index contributed by atoms with van der Waals surface area (Å²) in [7, 11) is 0. The van der Waals surface area contributed by atoms with Gasteiger partial charge in [-0.15, -0.1) is 0 Å². The molecule has 0 aliphatic carbocycles. The summed E-state index contributed by atoms with van der Waals surface area (Å²) in [5, 5.41) is 12.3. The highest BCUT2D eigenvalue weighted by molar-refractivity contribution is 6.02. The summed E-state index contributed by atoms with van der Waals surface area (Å²) in [6.45, 7) is 5.39. The topological polar surface area (TPSA) is 71.3 Å². The zero-order chi connectivity index (χ0) is 20.2. The lowest BCUT2D eigenvalue weighted by Gasteiger charge is -2.14. The molecule has 5 nitrogen and oxygen atoms in total. The molecule has 0 fully saturated rings. The highest BCUT2D eigenvalue weighted by atomic mass is 16.5. The quantitative estimate of drug-likeness (QED) is 0.498. The third kappa shape index (κ3) is 6.17. The van der Waals surface area contributed by atoms with E-state index in [9.17, 15) is 10.1 Å². The lowest BCUT2D eigenvalue weighted by atomic mass is 10.1. The number of nitrogens with one attached hydrogen (secondary N) is 1. The molecule has 0 saturated heterocycles. The van der Waals surface area contributed by atoms with Gasteiger partial charge in [-0.2, -0.15) is 5.26 Å². The molecular formula is C23H26N2O3. The second kappa shape index (κ2) is 11.5. The molecule has 28 heavy (non-hydrogen) atoms. The maximum atomic E-state index is 12.4. The fraction of sp³-hybridized carbons (Fsp3) is 0.304. The minimum atomic E-state index is -0.401. The van der Waals surface area contributed by atoms with Crippen LogP contribution in [-0.4, -0.2) is 25.7 Å². The molecule has 0 radical (unpaired) electrons. The highest BCUT2D eigenvalue weighted by Crippen LogP contribution is 2.33. The SMILES string of the molecule is CCCOc1c(/C=C(\C#N)C(=O)NCCc2ccccc2)cccc1OCC. The highest BCUT2D eigenvalue weighted by Gasteiger charge is 2.14. The monoisotopic (exact) mass is 378 g/mol. The van der Waals surface area contributed by atoms with E-state index in [1.807, 2.05) is 68.4 Å². The Bertz CT molecular complexity index is 839. The van der Waals surface area contributed by atoms with Crippen molar-refractivity contribution in [3.63, 3.8) is 0 Å². The van der Waals surface area contributed by atoms with Crippen molar-refractivity contribution >= 4 is 12.0 Å². The van der Waals surface area contributed by atoms with Crippen molar-refractivity contribution < 1.29 is 14.3 Å². The smallest absolute Gasteiger partial charge is 0.261 e. The van der Waals surface area contributed by atoms with Gasteiger partial charge < -0.3 is 14.8 Å². The van der Waals surface area contributed by atoms with Crippen LogP contribution in [0.5, 0.6) is 11.5 Å². The zero-order valence-corrected chi connectivity index (χ0v) is 16.4. The Hall–Kier alpha value is -3.26. The molecule has 2 aromatic rings. The number of hydrogen-bond donors (Lipinski definition) is 1. The fourth-order valence-corrected chi connectivity index (χ4v) is 2.64. The van der Waals surface area contributed by atoms with Crippen LogP contribution in [0.3, 0.4) is 0 Å². The van der Waals surface area contributed by atoms with E-state index < -0.39 is 5.91 Å². The van der Waals surface area contributed by atoms with E-state index in [0.29, 0.717) is 43.2 Å². The molecule has 1 amide bonds. The summed E-state index contributed by atoms with van der Waals surface area (Å²) >= 11 is 0. The van der Waals surface area contributed by atoms with Gasteiger partial charge in [0.05, 0.1) is 13.2 Å². The number of carbonyl (C=O) groups excluding carboxylic acids is 1. The van der Waals surface area contributed by atoms with Crippen LogP contribution in [0, 0.1) is 11.3 Å². The molecule has 0 atom stereocenters.